The van der Waals surface area contributed by atoms with Crippen molar-refractivity contribution in [3.05, 3.63) is 96.1 Å². The lowest BCUT2D eigenvalue weighted by atomic mass is 9.98. The molecule has 0 aliphatic rings. The molecule has 3 rings (SSSR count). The van der Waals surface area contributed by atoms with Crippen LogP contribution in [0.1, 0.15) is 22.8 Å². The highest BCUT2D eigenvalue weighted by Gasteiger charge is 2.27. The van der Waals surface area contributed by atoms with Crippen LogP contribution >= 0.6 is 0 Å². The highest BCUT2D eigenvalue weighted by atomic mass is 16.2. The number of hydrogen-bond donors (Lipinski definition) is 1. The average Bonchev–Trinajstić information content (AvgIpc) is 2.72. The van der Waals surface area contributed by atoms with E-state index in [2.05, 4.69) is 0 Å². The molecule has 1 atom stereocenters. The molecule has 0 aromatic heterocycles. The molecule has 0 spiro atoms. The van der Waals surface area contributed by atoms with Gasteiger partial charge in [-0.1, -0.05) is 78.9 Å². The quantitative estimate of drug-likeness (QED) is 0.727. The van der Waals surface area contributed by atoms with Crippen LogP contribution in [0.4, 0.5) is 0 Å². The van der Waals surface area contributed by atoms with Crippen molar-refractivity contribution in [3.8, 4) is 11.1 Å². The summed E-state index contributed by atoms with van der Waals surface area (Å²) >= 11 is 0. The number of primary amides is 1. The van der Waals surface area contributed by atoms with Gasteiger partial charge in [-0.25, -0.2) is 0 Å². The Morgan fingerprint density at radius 2 is 1.41 bits per heavy atom. The maximum Gasteiger partial charge on any atom is 0.255 e. The molecule has 0 bridgehead atoms. The molecule has 2 amide bonds. The number of nitrogens with zero attached hydrogens (tertiary/aromatic N) is 1. The predicted octanol–water partition coefficient (Wildman–Crippen LogP) is 3.87. The molecule has 0 fully saturated rings. The molecule has 0 saturated heterocycles. The smallest absolute Gasteiger partial charge is 0.255 e. The number of amides is 2. The zero-order valence-corrected chi connectivity index (χ0v) is 15.2. The molecule has 4 nitrogen and oxygen atoms in total. The minimum Gasteiger partial charge on any atom is -0.368 e. The van der Waals surface area contributed by atoms with E-state index >= 15 is 0 Å². The minimum atomic E-state index is -0.721. The van der Waals surface area contributed by atoms with Crippen LogP contribution < -0.4 is 5.73 Å². The predicted molar refractivity (Wildman–Crippen MR) is 107 cm³/mol. The number of rotatable bonds is 6. The van der Waals surface area contributed by atoms with Gasteiger partial charge in [0.2, 0.25) is 5.91 Å². The van der Waals surface area contributed by atoms with E-state index in [1.807, 2.05) is 78.9 Å². The monoisotopic (exact) mass is 358 g/mol. The van der Waals surface area contributed by atoms with Gasteiger partial charge in [-0.05, 0) is 29.7 Å². The van der Waals surface area contributed by atoms with Crippen molar-refractivity contribution in [2.24, 2.45) is 5.73 Å². The van der Waals surface area contributed by atoms with E-state index in [-0.39, 0.29) is 5.91 Å². The summed E-state index contributed by atoms with van der Waals surface area (Å²) in [5.41, 5.74) is 8.80. The first-order valence-electron chi connectivity index (χ1n) is 8.86. The molecule has 0 radical (unpaired) electrons. The third-order valence-corrected chi connectivity index (χ3v) is 4.58. The Balaban J connectivity index is 2.01. The molecule has 27 heavy (non-hydrogen) atoms. The van der Waals surface area contributed by atoms with E-state index in [0.29, 0.717) is 12.1 Å². The van der Waals surface area contributed by atoms with E-state index in [0.717, 1.165) is 16.7 Å². The Morgan fingerprint density at radius 1 is 0.852 bits per heavy atom. The van der Waals surface area contributed by atoms with Crippen LogP contribution in [-0.2, 0) is 11.3 Å². The van der Waals surface area contributed by atoms with Crippen LogP contribution in [0.3, 0.4) is 0 Å². The minimum absolute atomic E-state index is 0.218. The van der Waals surface area contributed by atoms with Crippen LogP contribution in [0.25, 0.3) is 11.1 Å². The molecule has 4 heteroatoms. The Hall–Kier alpha value is -3.40. The first-order chi connectivity index (χ1) is 13.1. The van der Waals surface area contributed by atoms with Gasteiger partial charge in [0.1, 0.15) is 6.04 Å². The van der Waals surface area contributed by atoms with E-state index in [1.165, 1.54) is 4.90 Å². The fourth-order valence-corrected chi connectivity index (χ4v) is 3.01. The summed E-state index contributed by atoms with van der Waals surface area (Å²) < 4.78 is 0. The van der Waals surface area contributed by atoms with Gasteiger partial charge in [0.05, 0.1) is 0 Å². The highest BCUT2D eigenvalue weighted by molar-refractivity contribution is 6.02. The summed E-state index contributed by atoms with van der Waals surface area (Å²) in [5, 5.41) is 0. The molecule has 3 aromatic rings. The maximum absolute atomic E-state index is 13.4. The van der Waals surface area contributed by atoms with Gasteiger partial charge < -0.3 is 10.6 Å². The van der Waals surface area contributed by atoms with E-state index in [4.69, 9.17) is 5.73 Å². The van der Waals surface area contributed by atoms with Gasteiger partial charge in [0.15, 0.2) is 0 Å². The van der Waals surface area contributed by atoms with Gasteiger partial charge in [-0.3, -0.25) is 9.59 Å². The third-order valence-electron chi connectivity index (χ3n) is 4.58. The third kappa shape index (κ3) is 4.23. The Bertz CT molecular complexity index is 923. The SMILES string of the molecule is C[C@@H](C(N)=O)N(Cc1ccccc1)C(=O)c1ccccc1-c1ccccc1. The molecular formula is C23H22N2O2. The van der Waals surface area contributed by atoms with Crippen LogP contribution in [0.5, 0.6) is 0 Å². The molecular weight excluding hydrogens is 336 g/mol. The number of carbonyl (C=O) groups is 2. The molecule has 0 aliphatic heterocycles. The highest BCUT2D eigenvalue weighted by Crippen LogP contribution is 2.25. The standard InChI is InChI=1S/C23H22N2O2/c1-17(22(24)26)25(16-18-10-4-2-5-11-18)23(27)21-15-9-8-14-20(21)19-12-6-3-7-13-19/h2-15,17H,16H2,1H3,(H2,24,26)/t17-/m0/s1. The zero-order valence-electron chi connectivity index (χ0n) is 15.2. The number of benzene rings is 3. The zero-order chi connectivity index (χ0) is 19.2. The van der Waals surface area contributed by atoms with Crippen LogP contribution in [0.2, 0.25) is 0 Å². The molecule has 0 aliphatic carbocycles. The number of nitrogens with two attached hydrogens (primary N) is 1. The van der Waals surface area contributed by atoms with Crippen molar-refractivity contribution in [1.29, 1.82) is 0 Å². The molecule has 0 unspecified atom stereocenters. The Morgan fingerprint density at radius 3 is 2.04 bits per heavy atom. The Kier molecular flexibility index (Phi) is 5.67. The van der Waals surface area contributed by atoms with Crippen molar-refractivity contribution in [2.45, 2.75) is 19.5 Å². The summed E-state index contributed by atoms with van der Waals surface area (Å²) in [6.45, 7) is 1.97. The normalized spacial score (nSPS) is 11.6. The second-order valence-electron chi connectivity index (χ2n) is 6.41. The van der Waals surface area contributed by atoms with Gasteiger partial charge >= 0.3 is 0 Å². The van der Waals surface area contributed by atoms with Crippen molar-refractivity contribution in [1.82, 2.24) is 4.90 Å². The first kappa shape index (κ1) is 18.4. The fraction of sp³-hybridized carbons (Fsp3) is 0.130. The molecule has 136 valence electrons. The summed E-state index contributed by atoms with van der Waals surface area (Å²) in [6, 6.07) is 26.0. The van der Waals surface area contributed by atoms with E-state index < -0.39 is 11.9 Å². The summed E-state index contributed by atoms with van der Waals surface area (Å²) in [5.74, 6) is -0.749. The van der Waals surface area contributed by atoms with E-state index in [1.54, 1.807) is 13.0 Å². The van der Waals surface area contributed by atoms with Crippen molar-refractivity contribution >= 4 is 11.8 Å². The van der Waals surface area contributed by atoms with Crippen molar-refractivity contribution < 1.29 is 9.59 Å². The van der Waals surface area contributed by atoms with Crippen molar-refractivity contribution in [2.75, 3.05) is 0 Å². The van der Waals surface area contributed by atoms with Gasteiger partial charge in [-0.15, -0.1) is 0 Å². The van der Waals surface area contributed by atoms with Crippen LogP contribution in [-0.4, -0.2) is 22.8 Å². The molecule has 3 aromatic carbocycles. The lowest BCUT2D eigenvalue weighted by Gasteiger charge is -2.28. The maximum atomic E-state index is 13.4. The molecule has 0 saturated carbocycles. The van der Waals surface area contributed by atoms with Crippen molar-refractivity contribution in [3.63, 3.8) is 0 Å². The van der Waals surface area contributed by atoms with Gasteiger partial charge in [0.25, 0.3) is 5.91 Å². The fourth-order valence-electron chi connectivity index (χ4n) is 3.01. The number of hydrogen-bond acceptors (Lipinski definition) is 2. The topological polar surface area (TPSA) is 63.4 Å². The molecule has 0 heterocycles. The second-order valence-corrected chi connectivity index (χ2v) is 6.41. The summed E-state index contributed by atoms with van der Waals surface area (Å²) in [6.07, 6.45) is 0. The van der Waals surface area contributed by atoms with Gasteiger partial charge in [-0.2, -0.15) is 0 Å². The van der Waals surface area contributed by atoms with Crippen LogP contribution in [0, 0.1) is 0 Å². The largest absolute Gasteiger partial charge is 0.368 e. The molecule has 2 N–H and O–H groups in total. The lowest BCUT2D eigenvalue weighted by Crippen LogP contribution is -2.45. The first-order valence-corrected chi connectivity index (χ1v) is 8.86. The Labute approximate surface area is 159 Å². The lowest BCUT2D eigenvalue weighted by molar-refractivity contribution is -0.122. The number of carbonyl (C=O) groups excluding carboxylic acids is 2. The second kappa shape index (κ2) is 8.32. The van der Waals surface area contributed by atoms with Crippen LogP contribution in [0.15, 0.2) is 84.9 Å². The van der Waals surface area contributed by atoms with Gasteiger partial charge in [0, 0.05) is 12.1 Å². The summed E-state index contributed by atoms with van der Waals surface area (Å²) in [4.78, 5) is 26.8. The average molecular weight is 358 g/mol. The summed E-state index contributed by atoms with van der Waals surface area (Å²) in [7, 11) is 0. The van der Waals surface area contributed by atoms with E-state index in [9.17, 15) is 9.59 Å².